The number of hydrogen-bond acceptors (Lipinski definition) is 4. The number of nitro benzene ring substituents is 1. The van der Waals surface area contributed by atoms with E-state index in [0.717, 1.165) is 11.3 Å². The first-order chi connectivity index (χ1) is 11.6. The van der Waals surface area contributed by atoms with Gasteiger partial charge in [0.2, 0.25) is 0 Å². The van der Waals surface area contributed by atoms with Crippen LogP contribution in [0.15, 0.2) is 59.2 Å². The molecular formula is C17H14BrN3O3. The van der Waals surface area contributed by atoms with Crippen molar-refractivity contribution < 1.29 is 9.66 Å². The van der Waals surface area contributed by atoms with Crippen LogP contribution in [-0.4, -0.2) is 21.8 Å². The van der Waals surface area contributed by atoms with Crippen molar-refractivity contribution in [1.82, 2.24) is 9.78 Å². The molecule has 0 unspecified atom stereocenters. The molecule has 3 rings (SSSR count). The molecule has 0 fully saturated rings. The average Bonchev–Trinajstić information content (AvgIpc) is 3.04. The van der Waals surface area contributed by atoms with Crippen LogP contribution in [0.2, 0.25) is 0 Å². The summed E-state index contributed by atoms with van der Waals surface area (Å²) in [6.45, 7) is 0.614. The zero-order valence-corrected chi connectivity index (χ0v) is 14.4. The third-order valence-electron chi connectivity index (χ3n) is 3.58. The molecule has 0 saturated carbocycles. The predicted molar refractivity (Wildman–Crippen MR) is 94.1 cm³/mol. The summed E-state index contributed by atoms with van der Waals surface area (Å²) in [4.78, 5) is 10.6. The van der Waals surface area contributed by atoms with Gasteiger partial charge in [0, 0.05) is 17.8 Å². The normalized spacial score (nSPS) is 10.6. The maximum atomic E-state index is 11.0. The van der Waals surface area contributed by atoms with Gasteiger partial charge in [0.1, 0.15) is 5.75 Å². The second-order valence-corrected chi connectivity index (χ2v) is 6.02. The first-order valence-electron chi connectivity index (χ1n) is 7.17. The van der Waals surface area contributed by atoms with Gasteiger partial charge in [0.05, 0.1) is 28.7 Å². The van der Waals surface area contributed by atoms with Crippen LogP contribution in [0.4, 0.5) is 5.69 Å². The number of halogens is 1. The van der Waals surface area contributed by atoms with Gasteiger partial charge in [-0.15, -0.1) is 0 Å². The molecule has 3 aromatic rings. The number of methoxy groups -OCH3 is 1. The van der Waals surface area contributed by atoms with Gasteiger partial charge in [-0.3, -0.25) is 14.8 Å². The average molecular weight is 388 g/mol. The van der Waals surface area contributed by atoms with Crippen molar-refractivity contribution in [2.75, 3.05) is 7.11 Å². The Morgan fingerprint density at radius 1 is 1.21 bits per heavy atom. The van der Waals surface area contributed by atoms with Crippen LogP contribution in [0.5, 0.6) is 5.75 Å². The highest BCUT2D eigenvalue weighted by atomic mass is 79.9. The fourth-order valence-electron chi connectivity index (χ4n) is 2.33. The highest BCUT2D eigenvalue weighted by Gasteiger charge is 2.14. The minimum absolute atomic E-state index is 0.0252. The van der Waals surface area contributed by atoms with Gasteiger partial charge in [0.25, 0.3) is 5.69 Å². The highest BCUT2D eigenvalue weighted by molar-refractivity contribution is 9.10. The quantitative estimate of drug-likeness (QED) is 0.483. The fourth-order valence-corrected chi connectivity index (χ4v) is 2.73. The lowest BCUT2D eigenvalue weighted by atomic mass is 10.1. The predicted octanol–water partition coefficient (Wildman–Crippen LogP) is 4.28. The zero-order valence-electron chi connectivity index (χ0n) is 12.8. The van der Waals surface area contributed by atoms with Crippen molar-refractivity contribution in [3.63, 3.8) is 0 Å². The van der Waals surface area contributed by atoms with Crippen molar-refractivity contribution in [3.8, 4) is 17.0 Å². The van der Waals surface area contributed by atoms with E-state index in [1.165, 1.54) is 6.07 Å². The SMILES string of the molecule is COc1ccc(Cn2ccc(-c3ccc(Br)c([N+](=O)[O-])c3)n2)cc1. The molecule has 1 aromatic heterocycles. The standard InChI is InChI=1S/C17H14BrN3O3/c1-24-14-5-2-12(3-6-14)11-20-9-8-16(19-20)13-4-7-15(18)17(10-13)21(22)23/h2-10H,11H2,1H3. The molecule has 0 spiro atoms. The third kappa shape index (κ3) is 3.46. The molecule has 1 heterocycles. The van der Waals surface area contributed by atoms with Crippen molar-refractivity contribution in [1.29, 1.82) is 0 Å². The molecule has 0 bridgehead atoms. The summed E-state index contributed by atoms with van der Waals surface area (Å²) in [6.07, 6.45) is 1.85. The van der Waals surface area contributed by atoms with Gasteiger partial charge in [-0.25, -0.2) is 0 Å². The van der Waals surface area contributed by atoms with Crippen LogP contribution in [0, 0.1) is 10.1 Å². The second kappa shape index (κ2) is 6.84. The Labute approximate surface area is 147 Å². The Morgan fingerprint density at radius 2 is 1.96 bits per heavy atom. The van der Waals surface area contributed by atoms with E-state index in [4.69, 9.17) is 4.74 Å². The van der Waals surface area contributed by atoms with Gasteiger partial charge < -0.3 is 4.74 Å². The maximum Gasteiger partial charge on any atom is 0.284 e. The summed E-state index contributed by atoms with van der Waals surface area (Å²) in [7, 11) is 1.63. The maximum absolute atomic E-state index is 11.0. The fraction of sp³-hybridized carbons (Fsp3) is 0.118. The van der Waals surface area contributed by atoms with Crippen LogP contribution in [-0.2, 0) is 6.54 Å². The molecule has 2 aromatic carbocycles. The molecule has 0 N–H and O–H groups in total. The Balaban J connectivity index is 1.82. The Kier molecular flexibility index (Phi) is 4.61. The van der Waals surface area contributed by atoms with Crippen LogP contribution in [0.3, 0.4) is 0 Å². The summed E-state index contributed by atoms with van der Waals surface area (Å²) in [5.74, 6) is 0.807. The van der Waals surface area contributed by atoms with Crippen LogP contribution < -0.4 is 4.74 Å². The Morgan fingerprint density at radius 3 is 2.62 bits per heavy atom. The zero-order chi connectivity index (χ0) is 17.1. The lowest BCUT2D eigenvalue weighted by Gasteiger charge is -2.04. The van der Waals surface area contributed by atoms with Gasteiger partial charge in [-0.1, -0.05) is 18.2 Å². The molecule has 0 saturated heterocycles. The topological polar surface area (TPSA) is 70.2 Å². The molecule has 24 heavy (non-hydrogen) atoms. The molecule has 122 valence electrons. The van der Waals surface area contributed by atoms with E-state index in [1.807, 2.05) is 36.5 Å². The van der Waals surface area contributed by atoms with Crippen LogP contribution in [0.1, 0.15) is 5.56 Å². The van der Waals surface area contributed by atoms with E-state index in [2.05, 4.69) is 21.0 Å². The van der Waals surface area contributed by atoms with E-state index in [1.54, 1.807) is 23.9 Å². The van der Waals surface area contributed by atoms with Crippen molar-refractivity contribution in [2.24, 2.45) is 0 Å². The summed E-state index contributed by atoms with van der Waals surface area (Å²) < 4.78 is 7.39. The minimum Gasteiger partial charge on any atom is -0.497 e. The molecule has 0 amide bonds. The summed E-state index contributed by atoms with van der Waals surface area (Å²) in [5.41, 5.74) is 2.52. The molecule has 0 aliphatic carbocycles. The summed E-state index contributed by atoms with van der Waals surface area (Å²) >= 11 is 3.19. The second-order valence-electron chi connectivity index (χ2n) is 5.17. The van der Waals surface area contributed by atoms with Gasteiger partial charge >= 0.3 is 0 Å². The number of benzene rings is 2. The molecule has 0 aliphatic rings. The first kappa shape index (κ1) is 16.2. The monoisotopic (exact) mass is 387 g/mol. The number of rotatable bonds is 5. The van der Waals surface area contributed by atoms with Crippen molar-refractivity contribution in [3.05, 3.63) is 74.9 Å². The molecule has 7 heteroatoms. The number of nitrogens with zero attached hydrogens (tertiary/aromatic N) is 3. The first-order valence-corrected chi connectivity index (χ1v) is 7.97. The number of nitro groups is 1. The van der Waals surface area contributed by atoms with E-state index in [-0.39, 0.29) is 5.69 Å². The van der Waals surface area contributed by atoms with Crippen molar-refractivity contribution in [2.45, 2.75) is 6.54 Å². The lowest BCUT2D eigenvalue weighted by Crippen LogP contribution is -2.00. The number of aromatic nitrogens is 2. The van der Waals surface area contributed by atoms with Gasteiger partial charge in [-0.05, 0) is 45.8 Å². The molecule has 6 nitrogen and oxygen atoms in total. The summed E-state index contributed by atoms with van der Waals surface area (Å²) in [6, 6.07) is 14.6. The van der Waals surface area contributed by atoms with E-state index in [9.17, 15) is 10.1 Å². The largest absolute Gasteiger partial charge is 0.497 e. The number of hydrogen-bond donors (Lipinski definition) is 0. The lowest BCUT2D eigenvalue weighted by molar-refractivity contribution is -0.385. The minimum atomic E-state index is -0.415. The highest BCUT2D eigenvalue weighted by Crippen LogP contribution is 2.29. The van der Waals surface area contributed by atoms with E-state index in [0.29, 0.717) is 22.3 Å². The third-order valence-corrected chi connectivity index (χ3v) is 4.25. The summed E-state index contributed by atoms with van der Waals surface area (Å²) in [5, 5.41) is 15.5. The van der Waals surface area contributed by atoms with E-state index >= 15 is 0 Å². The Bertz CT molecular complexity index is 875. The van der Waals surface area contributed by atoms with E-state index < -0.39 is 4.92 Å². The molecule has 0 aliphatic heterocycles. The van der Waals surface area contributed by atoms with Crippen molar-refractivity contribution >= 4 is 21.6 Å². The number of ether oxygens (including phenoxy) is 1. The van der Waals surface area contributed by atoms with Crippen LogP contribution in [0.25, 0.3) is 11.3 Å². The molecular weight excluding hydrogens is 374 g/mol. The molecule has 0 radical (unpaired) electrons. The Hall–Kier alpha value is -2.67. The smallest absolute Gasteiger partial charge is 0.284 e. The van der Waals surface area contributed by atoms with Gasteiger partial charge in [-0.2, -0.15) is 5.10 Å². The van der Waals surface area contributed by atoms with Gasteiger partial charge in [0.15, 0.2) is 0 Å². The molecule has 0 atom stereocenters. The van der Waals surface area contributed by atoms with Crippen LogP contribution >= 0.6 is 15.9 Å².